The number of thioether (sulfide) groups is 2. The Morgan fingerprint density at radius 3 is 2.47 bits per heavy atom. The number of hydrogen-bond acceptors (Lipinski definition) is 5. The second kappa shape index (κ2) is 9.64. The summed E-state index contributed by atoms with van der Waals surface area (Å²) in [4.78, 5) is 6.74. The van der Waals surface area contributed by atoms with E-state index < -0.39 is 0 Å². The highest BCUT2D eigenvalue weighted by Crippen LogP contribution is 2.09. The summed E-state index contributed by atoms with van der Waals surface area (Å²) >= 11 is 3.99. The Labute approximate surface area is 124 Å². The fourth-order valence-corrected chi connectivity index (χ4v) is 3.60. The van der Waals surface area contributed by atoms with Gasteiger partial charge in [-0.25, -0.2) is 0 Å². The Morgan fingerprint density at radius 2 is 1.84 bits per heavy atom. The minimum atomic E-state index is 0.897. The lowest BCUT2D eigenvalue weighted by atomic mass is 10.2. The minimum Gasteiger partial charge on any atom is -0.380 e. The SMILES string of the molecule is c1cncc(CN2CCSCCOCCSCC2)c1. The first-order valence-corrected chi connectivity index (χ1v) is 9.10. The lowest BCUT2D eigenvalue weighted by Gasteiger charge is -2.22. The number of hydrogen-bond donors (Lipinski definition) is 0. The van der Waals surface area contributed by atoms with E-state index in [0.29, 0.717) is 0 Å². The number of pyridine rings is 1. The molecule has 0 aliphatic carbocycles. The van der Waals surface area contributed by atoms with Crippen LogP contribution in [0.15, 0.2) is 24.5 Å². The predicted molar refractivity (Wildman–Crippen MR) is 85.0 cm³/mol. The molecule has 1 fully saturated rings. The van der Waals surface area contributed by atoms with Gasteiger partial charge in [-0.2, -0.15) is 23.5 Å². The van der Waals surface area contributed by atoms with Crippen molar-refractivity contribution < 1.29 is 4.74 Å². The van der Waals surface area contributed by atoms with Crippen molar-refractivity contribution in [2.45, 2.75) is 6.54 Å². The molecule has 1 saturated heterocycles. The van der Waals surface area contributed by atoms with Crippen molar-refractivity contribution in [2.75, 3.05) is 49.3 Å². The van der Waals surface area contributed by atoms with E-state index in [0.717, 1.165) is 44.4 Å². The van der Waals surface area contributed by atoms with Crippen LogP contribution in [-0.2, 0) is 11.3 Å². The average Bonchev–Trinajstić information content (AvgIpc) is 2.43. The maximum atomic E-state index is 5.57. The molecule has 0 N–H and O–H groups in total. The van der Waals surface area contributed by atoms with E-state index in [9.17, 15) is 0 Å². The molecular weight excluding hydrogens is 276 g/mol. The smallest absolute Gasteiger partial charge is 0.0557 e. The van der Waals surface area contributed by atoms with Crippen LogP contribution in [0.2, 0.25) is 0 Å². The van der Waals surface area contributed by atoms with Crippen molar-refractivity contribution in [1.82, 2.24) is 9.88 Å². The lowest BCUT2D eigenvalue weighted by molar-refractivity contribution is 0.167. The first-order chi connectivity index (χ1) is 9.45. The summed E-state index contributed by atoms with van der Waals surface area (Å²) in [6.07, 6.45) is 3.82. The molecule has 0 unspecified atom stereocenters. The molecule has 1 aliphatic heterocycles. The monoisotopic (exact) mass is 298 g/mol. The summed E-state index contributed by atoms with van der Waals surface area (Å²) < 4.78 is 5.57. The Hall–Kier alpha value is -0.230. The highest BCUT2D eigenvalue weighted by atomic mass is 32.2. The summed E-state index contributed by atoms with van der Waals surface area (Å²) in [6.45, 7) is 5.12. The van der Waals surface area contributed by atoms with E-state index in [4.69, 9.17) is 4.74 Å². The zero-order valence-electron chi connectivity index (χ0n) is 11.3. The van der Waals surface area contributed by atoms with Crippen LogP contribution in [0.1, 0.15) is 5.56 Å². The van der Waals surface area contributed by atoms with Crippen LogP contribution < -0.4 is 0 Å². The van der Waals surface area contributed by atoms with Crippen LogP contribution >= 0.6 is 23.5 Å². The molecule has 0 radical (unpaired) electrons. The van der Waals surface area contributed by atoms with Crippen LogP contribution in [0.4, 0.5) is 0 Å². The molecule has 106 valence electrons. The van der Waals surface area contributed by atoms with Crippen molar-refractivity contribution in [1.29, 1.82) is 0 Å². The summed E-state index contributed by atoms with van der Waals surface area (Å²) in [5.41, 5.74) is 1.31. The molecule has 5 heteroatoms. The van der Waals surface area contributed by atoms with Crippen LogP contribution in [0.5, 0.6) is 0 Å². The van der Waals surface area contributed by atoms with Crippen LogP contribution in [0.25, 0.3) is 0 Å². The van der Waals surface area contributed by atoms with Gasteiger partial charge in [0.15, 0.2) is 0 Å². The Kier molecular flexibility index (Phi) is 7.69. The average molecular weight is 298 g/mol. The molecule has 1 aromatic heterocycles. The van der Waals surface area contributed by atoms with Crippen molar-refractivity contribution in [3.63, 3.8) is 0 Å². The molecule has 0 aromatic carbocycles. The fraction of sp³-hybridized carbons (Fsp3) is 0.643. The van der Waals surface area contributed by atoms with Gasteiger partial charge in [0, 0.05) is 55.0 Å². The van der Waals surface area contributed by atoms with E-state index in [-0.39, 0.29) is 0 Å². The van der Waals surface area contributed by atoms with Gasteiger partial charge in [0.05, 0.1) is 13.2 Å². The third-order valence-corrected chi connectivity index (χ3v) is 4.83. The molecule has 2 heterocycles. The third kappa shape index (κ3) is 6.65. The number of nitrogens with zero attached hydrogens (tertiary/aromatic N) is 2. The van der Waals surface area contributed by atoms with Gasteiger partial charge in [0.25, 0.3) is 0 Å². The maximum absolute atomic E-state index is 5.57. The molecule has 3 nitrogen and oxygen atoms in total. The van der Waals surface area contributed by atoms with E-state index in [1.54, 1.807) is 0 Å². The summed E-state index contributed by atoms with van der Waals surface area (Å²) in [5, 5.41) is 0. The van der Waals surface area contributed by atoms with Crippen molar-refractivity contribution >= 4 is 23.5 Å². The quantitative estimate of drug-likeness (QED) is 0.835. The maximum Gasteiger partial charge on any atom is 0.0557 e. The normalized spacial score (nSPS) is 20.4. The fourth-order valence-electron chi connectivity index (χ4n) is 1.95. The first-order valence-electron chi connectivity index (χ1n) is 6.79. The largest absolute Gasteiger partial charge is 0.380 e. The highest BCUT2D eigenvalue weighted by molar-refractivity contribution is 7.99. The van der Waals surface area contributed by atoms with Gasteiger partial charge in [-0.15, -0.1) is 0 Å². The molecule has 1 aromatic rings. The van der Waals surface area contributed by atoms with Gasteiger partial charge in [-0.05, 0) is 11.6 Å². The molecule has 0 bridgehead atoms. The predicted octanol–water partition coefficient (Wildman–Crippen LogP) is 2.38. The Balaban J connectivity index is 1.81. The van der Waals surface area contributed by atoms with E-state index in [1.165, 1.54) is 17.1 Å². The zero-order valence-corrected chi connectivity index (χ0v) is 12.9. The molecule has 0 saturated carbocycles. The molecule has 0 atom stereocenters. The third-order valence-electron chi connectivity index (χ3n) is 2.98. The molecule has 2 rings (SSSR count). The van der Waals surface area contributed by atoms with E-state index in [1.807, 2.05) is 42.0 Å². The first kappa shape index (κ1) is 15.2. The van der Waals surface area contributed by atoms with Crippen molar-refractivity contribution in [3.05, 3.63) is 30.1 Å². The zero-order chi connectivity index (χ0) is 13.2. The van der Waals surface area contributed by atoms with Crippen LogP contribution in [0, 0.1) is 0 Å². The van der Waals surface area contributed by atoms with Crippen molar-refractivity contribution in [2.24, 2.45) is 0 Å². The standard InChI is InChI=1S/C14H22N2OS2/c1-2-14(12-15-3-1)13-16-4-8-18-10-6-17-7-11-19-9-5-16/h1-3,12H,4-11,13H2. The second-order valence-electron chi connectivity index (χ2n) is 4.47. The molecule has 0 amide bonds. The molecule has 1 aliphatic rings. The Bertz CT molecular complexity index is 325. The second-order valence-corrected chi connectivity index (χ2v) is 6.92. The van der Waals surface area contributed by atoms with E-state index >= 15 is 0 Å². The highest BCUT2D eigenvalue weighted by Gasteiger charge is 2.07. The number of ether oxygens (including phenoxy) is 1. The van der Waals surface area contributed by atoms with Gasteiger partial charge in [-0.1, -0.05) is 6.07 Å². The van der Waals surface area contributed by atoms with Crippen LogP contribution in [-0.4, -0.2) is 59.2 Å². The molecular formula is C14H22N2OS2. The molecule has 0 spiro atoms. The van der Waals surface area contributed by atoms with Gasteiger partial charge in [0.2, 0.25) is 0 Å². The lowest BCUT2D eigenvalue weighted by Crippen LogP contribution is -2.28. The van der Waals surface area contributed by atoms with Gasteiger partial charge in [-0.3, -0.25) is 9.88 Å². The number of rotatable bonds is 2. The van der Waals surface area contributed by atoms with Gasteiger partial charge < -0.3 is 4.74 Å². The topological polar surface area (TPSA) is 25.4 Å². The van der Waals surface area contributed by atoms with Crippen molar-refractivity contribution in [3.8, 4) is 0 Å². The number of aromatic nitrogens is 1. The summed E-state index contributed by atoms with van der Waals surface area (Å²) in [5.74, 6) is 4.61. The van der Waals surface area contributed by atoms with Gasteiger partial charge >= 0.3 is 0 Å². The van der Waals surface area contributed by atoms with Gasteiger partial charge in [0.1, 0.15) is 0 Å². The Morgan fingerprint density at radius 1 is 1.11 bits per heavy atom. The van der Waals surface area contributed by atoms with Crippen LogP contribution in [0.3, 0.4) is 0 Å². The summed E-state index contributed by atoms with van der Waals surface area (Å²) in [7, 11) is 0. The van der Waals surface area contributed by atoms with E-state index in [2.05, 4.69) is 16.0 Å². The summed E-state index contributed by atoms with van der Waals surface area (Å²) in [6, 6.07) is 4.18. The minimum absolute atomic E-state index is 0.897. The molecule has 19 heavy (non-hydrogen) atoms.